The summed E-state index contributed by atoms with van der Waals surface area (Å²) in [6, 6.07) is 0. The molecule has 0 spiro atoms. The first kappa shape index (κ1) is 21.6. The topological polar surface area (TPSA) is 27.7 Å². The van der Waals surface area contributed by atoms with Gasteiger partial charge in [-0.1, -0.05) is 80.1 Å². The lowest BCUT2D eigenvalue weighted by Crippen LogP contribution is -2.23. The number of rotatable bonds is 11. The Labute approximate surface area is 144 Å². The van der Waals surface area contributed by atoms with E-state index in [2.05, 4.69) is 68.4 Å². The Balaban J connectivity index is 4.55. The second kappa shape index (κ2) is 12.1. The number of hydrogen-bond donors (Lipinski definition) is 0. The Bertz CT molecular complexity index is 356. The van der Waals surface area contributed by atoms with Crippen molar-refractivity contribution in [3.63, 3.8) is 0 Å². The Hall–Kier alpha value is -0.420. The average molecular weight is 375 g/mol. The molecule has 0 radical (unpaired) electrons. The van der Waals surface area contributed by atoms with Gasteiger partial charge in [-0.05, 0) is 5.41 Å². The minimum atomic E-state index is -0.0581. The van der Waals surface area contributed by atoms with Crippen molar-refractivity contribution < 1.29 is 14.2 Å². The van der Waals surface area contributed by atoms with Gasteiger partial charge in [-0.25, -0.2) is 0 Å². The first-order valence-corrected chi connectivity index (χ1v) is 8.72. The third-order valence-electron chi connectivity index (χ3n) is 3.09. The van der Waals surface area contributed by atoms with Crippen LogP contribution in [0.2, 0.25) is 0 Å². The summed E-state index contributed by atoms with van der Waals surface area (Å²) in [5, 5.41) is 0.768. The first-order valence-electron chi connectivity index (χ1n) is 7.59. The van der Waals surface area contributed by atoms with Crippen molar-refractivity contribution in [2.24, 2.45) is 11.3 Å². The van der Waals surface area contributed by atoms with Gasteiger partial charge in [0.1, 0.15) is 6.79 Å². The van der Waals surface area contributed by atoms with Crippen LogP contribution in [0.3, 0.4) is 0 Å². The van der Waals surface area contributed by atoms with Gasteiger partial charge in [0, 0.05) is 18.4 Å². The van der Waals surface area contributed by atoms with Gasteiger partial charge < -0.3 is 14.2 Å². The molecule has 0 fully saturated rings. The molecule has 0 aliphatic carbocycles. The maximum absolute atomic E-state index is 5.83. The van der Waals surface area contributed by atoms with Gasteiger partial charge in [-0.15, -0.1) is 0 Å². The number of alkyl halides is 1. The maximum Gasteiger partial charge on any atom is 0.147 e. The summed E-state index contributed by atoms with van der Waals surface area (Å²) < 4.78 is 16.2. The zero-order chi connectivity index (χ0) is 17.0. The molecule has 4 heteroatoms. The van der Waals surface area contributed by atoms with Crippen LogP contribution in [0, 0.1) is 11.3 Å². The van der Waals surface area contributed by atoms with Gasteiger partial charge in [0.15, 0.2) is 0 Å². The predicted molar refractivity (Wildman–Crippen MR) is 97.4 cm³/mol. The molecule has 3 nitrogen and oxygen atoms in total. The third-order valence-corrected chi connectivity index (χ3v) is 3.81. The minimum Gasteiger partial charge on any atom is -0.382 e. The van der Waals surface area contributed by atoms with Crippen molar-refractivity contribution in [1.82, 2.24) is 0 Å². The van der Waals surface area contributed by atoms with Crippen molar-refractivity contribution in [2.45, 2.75) is 33.8 Å². The fourth-order valence-corrected chi connectivity index (χ4v) is 2.08. The number of hydrogen-bond acceptors (Lipinski definition) is 3. The van der Waals surface area contributed by atoms with E-state index in [0.29, 0.717) is 13.2 Å². The molecule has 0 rings (SSSR count). The standard InChI is InChI=1S/C18H31BrO3/c1-15(13-19)16(2)17(22-14-21-12-11-20-6)9-7-8-10-18(3,4)5/h7-10,16-17H,1,11-14H2,2-6H3/b9-7+,10-8+/t16-,17-/m1/s1. The highest BCUT2D eigenvalue weighted by atomic mass is 79.9. The molecule has 0 bridgehead atoms. The lowest BCUT2D eigenvalue weighted by Gasteiger charge is -2.22. The second-order valence-corrected chi connectivity index (χ2v) is 6.90. The van der Waals surface area contributed by atoms with Gasteiger partial charge in [0.2, 0.25) is 0 Å². The zero-order valence-electron chi connectivity index (χ0n) is 14.6. The van der Waals surface area contributed by atoms with E-state index in [1.54, 1.807) is 7.11 Å². The lowest BCUT2D eigenvalue weighted by molar-refractivity contribution is -0.0930. The summed E-state index contributed by atoms with van der Waals surface area (Å²) in [5.41, 5.74) is 1.28. The van der Waals surface area contributed by atoms with Crippen LogP contribution in [0.4, 0.5) is 0 Å². The van der Waals surface area contributed by atoms with Gasteiger partial charge in [-0.2, -0.15) is 0 Å². The smallest absolute Gasteiger partial charge is 0.147 e. The number of allylic oxidation sites excluding steroid dienone is 3. The Morgan fingerprint density at radius 2 is 1.91 bits per heavy atom. The van der Waals surface area contributed by atoms with Crippen LogP contribution in [0.15, 0.2) is 36.5 Å². The molecule has 0 saturated heterocycles. The molecule has 0 aromatic heterocycles. The molecule has 0 aliphatic heterocycles. The average Bonchev–Trinajstić information content (AvgIpc) is 2.46. The third kappa shape index (κ3) is 11.2. The molecular weight excluding hydrogens is 344 g/mol. The predicted octanol–water partition coefficient (Wildman–Crippen LogP) is 4.74. The Morgan fingerprint density at radius 3 is 2.45 bits per heavy atom. The molecule has 0 aromatic rings. The second-order valence-electron chi connectivity index (χ2n) is 6.34. The number of methoxy groups -OCH3 is 1. The van der Waals surface area contributed by atoms with E-state index < -0.39 is 0 Å². The molecule has 0 unspecified atom stereocenters. The van der Waals surface area contributed by atoms with E-state index >= 15 is 0 Å². The van der Waals surface area contributed by atoms with Crippen molar-refractivity contribution in [3.8, 4) is 0 Å². The number of halogens is 1. The molecule has 0 aliphatic rings. The van der Waals surface area contributed by atoms with Crippen LogP contribution in [-0.2, 0) is 14.2 Å². The lowest BCUT2D eigenvalue weighted by atomic mass is 9.95. The molecule has 0 aromatic carbocycles. The monoisotopic (exact) mass is 374 g/mol. The summed E-state index contributed by atoms with van der Waals surface area (Å²) in [4.78, 5) is 0. The summed E-state index contributed by atoms with van der Waals surface area (Å²) in [6.45, 7) is 14.1. The molecule has 0 heterocycles. The minimum absolute atomic E-state index is 0.0581. The molecular formula is C18H31BrO3. The van der Waals surface area contributed by atoms with Crippen molar-refractivity contribution in [3.05, 3.63) is 36.5 Å². The van der Waals surface area contributed by atoms with Crippen LogP contribution >= 0.6 is 15.9 Å². The largest absolute Gasteiger partial charge is 0.382 e. The maximum atomic E-state index is 5.83. The molecule has 2 atom stereocenters. The van der Waals surface area contributed by atoms with Gasteiger partial charge in [-0.3, -0.25) is 0 Å². The van der Waals surface area contributed by atoms with Crippen molar-refractivity contribution >= 4 is 15.9 Å². The first-order chi connectivity index (χ1) is 10.3. The van der Waals surface area contributed by atoms with Crippen molar-refractivity contribution in [1.29, 1.82) is 0 Å². The van der Waals surface area contributed by atoms with E-state index in [4.69, 9.17) is 14.2 Å². The molecule has 0 N–H and O–H groups in total. The highest BCUT2D eigenvalue weighted by Crippen LogP contribution is 2.20. The van der Waals surface area contributed by atoms with Gasteiger partial charge in [0.25, 0.3) is 0 Å². The van der Waals surface area contributed by atoms with Crippen LogP contribution < -0.4 is 0 Å². The van der Waals surface area contributed by atoms with E-state index in [0.717, 1.165) is 10.9 Å². The van der Waals surface area contributed by atoms with Crippen LogP contribution in [0.1, 0.15) is 27.7 Å². The summed E-state index contributed by atoms with van der Waals surface area (Å²) in [6.07, 6.45) is 8.26. The highest BCUT2D eigenvalue weighted by molar-refractivity contribution is 9.09. The van der Waals surface area contributed by atoms with E-state index in [1.165, 1.54) is 0 Å². The summed E-state index contributed by atoms with van der Waals surface area (Å²) in [5.74, 6) is 0.213. The van der Waals surface area contributed by atoms with Crippen molar-refractivity contribution in [2.75, 3.05) is 32.4 Å². The molecule has 0 saturated carbocycles. The van der Waals surface area contributed by atoms with E-state index in [1.807, 2.05) is 6.08 Å². The summed E-state index contributed by atoms with van der Waals surface area (Å²) >= 11 is 3.45. The molecule has 22 heavy (non-hydrogen) atoms. The normalized spacial score (nSPS) is 15.5. The quantitative estimate of drug-likeness (QED) is 0.172. The SMILES string of the molecule is C=C(CBr)[C@@H](C)[C@@H](/C=C/C=C/C(C)(C)C)OCOCCOC. The fraction of sp³-hybridized carbons (Fsp3) is 0.667. The zero-order valence-corrected chi connectivity index (χ0v) is 16.2. The fourth-order valence-electron chi connectivity index (χ4n) is 1.57. The Kier molecular flexibility index (Phi) is 11.8. The summed E-state index contributed by atoms with van der Waals surface area (Å²) in [7, 11) is 1.65. The van der Waals surface area contributed by atoms with Gasteiger partial charge >= 0.3 is 0 Å². The van der Waals surface area contributed by atoms with Crippen LogP contribution in [0.25, 0.3) is 0 Å². The van der Waals surface area contributed by atoms with Crippen LogP contribution in [0.5, 0.6) is 0 Å². The Morgan fingerprint density at radius 1 is 1.23 bits per heavy atom. The van der Waals surface area contributed by atoms with E-state index in [-0.39, 0.29) is 24.2 Å². The number of ether oxygens (including phenoxy) is 3. The molecule has 128 valence electrons. The molecule has 0 amide bonds. The van der Waals surface area contributed by atoms with E-state index in [9.17, 15) is 0 Å². The highest BCUT2D eigenvalue weighted by Gasteiger charge is 2.17. The van der Waals surface area contributed by atoms with Gasteiger partial charge in [0.05, 0.1) is 19.3 Å². The van der Waals surface area contributed by atoms with Crippen LogP contribution in [-0.4, -0.2) is 38.6 Å².